The Balaban J connectivity index is 1.57. The van der Waals surface area contributed by atoms with Gasteiger partial charge in [0.05, 0.1) is 5.75 Å². The van der Waals surface area contributed by atoms with Gasteiger partial charge in [-0.05, 0) is 50.5 Å². The fourth-order valence-electron chi connectivity index (χ4n) is 2.70. The molecule has 2 N–H and O–H groups in total. The number of nitrogens with zero attached hydrogens (tertiary/aromatic N) is 2. The van der Waals surface area contributed by atoms with Gasteiger partial charge in [0.15, 0.2) is 4.34 Å². The number of carbonyl (C=O) groups excluding carboxylic acids is 1. The second-order valence-electron chi connectivity index (χ2n) is 6.42. The number of amides is 1. The predicted molar refractivity (Wildman–Crippen MR) is 114 cm³/mol. The third-order valence-electron chi connectivity index (χ3n) is 4.10. The largest absolute Gasteiger partial charge is 0.330 e. The zero-order chi connectivity index (χ0) is 19.4. The molecule has 0 unspecified atom stereocenters. The molecule has 0 aliphatic rings. The highest BCUT2D eigenvalue weighted by Gasteiger charge is 2.11. The van der Waals surface area contributed by atoms with Gasteiger partial charge in [-0.1, -0.05) is 59.0 Å². The highest BCUT2D eigenvalue weighted by atomic mass is 32.2. The number of hydrogen-bond donors (Lipinski definition) is 2. The van der Waals surface area contributed by atoms with Gasteiger partial charge in [0.25, 0.3) is 0 Å². The van der Waals surface area contributed by atoms with E-state index in [1.165, 1.54) is 28.7 Å². The topological polar surface area (TPSA) is 66.9 Å². The van der Waals surface area contributed by atoms with E-state index in [4.69, 9.17) is 0 Å². The summed E-state index contributed by atoms with van der Waals surface area (Å²) in [7, 11) is 0. The number of para-hydroxylation sites is 1. The lowest BCUT2D eigenvalue weighted by atomic mass is 10.1. The Morgan fingerprint density at radius 2 is 1.78 bits per heavy atom. The minimum atomic E-state index is -0.0449. The molecule has 0 saturated carbocycles. The molecule has 2 aromatic carbocycles. The Morgan fingerprint density at radius 3 is 2.48 bits per heavy atom. The standard InChI is InChI=1S/C20H22N4OS2/c1-12-8-9-16(15(4)10-12)21-19-23-24-20(27-19)26-11-17(25)22-18-13(2)6-5-7-14(18)3/h5-10H,11H2,1-4H3,(H,21,23)(H,22,25). The lowest BCUT2D eigenvalue weighted by Gasteiger charge is -2.10. The van der Waals surface area contributed by atoms with Crippen LogP contribution in [0.25, 0.3) is 0 Å². The van der Waals surface area contributed by atoms with E-state index in [0.29, 0.717) is 5.75 Å². The Morgan fingerprint density at radius 1 is 1.04 bits per heavy atom. The number of benzene rings is 2. The molecule has 1 aromatic heterocycles. The summed E-state index contributed by atoms with van der Waals surface area (Å²) in [5.41, 5.74) is 6.40. The third kappa shape index (κ3) is 5.08. The van der Waals surface area contributed by atoms with Gasteiger partial charge in [-0.15, -0.1) is 10.2 Å². The average Bonchev–Trinajstić information content (AvgIpc) is 3.06. The first kappa shape index (κ1) is 19.4. The molecule has 0 atom stereocenters. The molecule has 0 aliphatic heterocycles. The van der Waals surface area contributed by atoms with Crippen LogP contribution in [0.5, 0.6) is 0 Å². The van der Waals surface area contributed by atoms with Crippen LogP contribution >= 0.6 is 23.1 Å². The lowest BCUT2D eigenvalue weighted by molar-refractivity contribution is -0.113. The molecule has 0 aliphatic carbocycles. The Hall–Kier alpha value is -2.38. The molecule has 0 spiro atoms. The van der Waals surface area contributed by atoms with Crippen molar-refractivity contribution in [3.05, 3.63) is 58.7 Å². The van der Waals surface area contributed by atoms with Crippen molar-refractivity contribution < 1.29 is 4.79 Å². The normalized spacial score (nSPS) is 10.7. The van der Waals surface area contributed by atoms with Crippen LogP contribution in [0.3, 0.4) is 0 Å². The van der Waals surface area contributed by atoms with Gasteiger partial charge in [-0.25, -0.2) is 0 Å². The molecule has 1 heterocycles. The van der Waals surface area contributed by atoms with Gasteiger partial charge in [0, 0.05) is 11.4 Å². The van der Waals surface area contributed by atoms with Crippen LogP contribution in [0, 0.1) is 27.7 Å². The molecule has 7 heteroatoms. The number of aromatic nitrogens is 2. The number of aryl methyl sites for hydroxylation is 4. The summed E-state index contributed by atoms with van der Waals surface area (Å²) in [6, 6.07) is 12.2. The van der Waals surface area contributed by atoms with Gasteiger partial charge in [-0.3, -0.25) is 4.79 Å². The van der Waals surface area contributed by atoms with Crippen molar-refractivity contribution in [3.8, 4) is 0 Å². The van der Waals surface area contributed by atoms with Gasteiger partial charge in [0.2, 0.25) is 11.0 Å². The molecular formula is C20H22N4OS2. The van der Waals surface area contributed by atoms with E-state index in [0.717, 1.165) is 37.5 Å². The van der Waals surface area contributed by atoms with Crippen molar-refractivity contribution in [2.45, 2.75) is 32.0 Å². The maximum Gasteiger partial charge on any atom is 0.234 e. The summed E-state index contributed by atoms with van der Waals surface area (Å²) < 4.78 is 0.763. The number of carbonyl (C=O) groups is 1. The molecule has 0 fully saturated rings. The fraction of sp³-hybridized carbons (Fsp3) is 0.250. The van der Waals surface area contributed by atoms with Crippen molar-refractivity contribution >= 4 is 45.5 Å². The van der Waals surface area contributed by atoms with Crippen LogP contribution in [0.4, 0.5) is 16.5 Å². The number of rotatable bonds is 6. The van der Waals surface area contributed by atoms with Gasteiger partial charge < -0.3 is 10.6 Å². The summed E-state index contributed by atoms with van der Waals surface area (Å²) in [6.07, 6.45) is 0. The minimum Gasteiger partial charge on any atom is -0.330 e. The molecule has 5 nitrogen and oxygen atoms in total. The van der Waals surface area contributed by atoms with E-state index in [-0.39, 0.29) is 5.91 Å². The Kier molecular flexibility index (Phi) is 6.13. The number of anilines is 3. The SMILES string of the molecule is Cc1ccc(Nc2nnc(SCC(=O)Nc3c(C)cccc3C)s2)c(C)c1. The zero-order valence-electron chi connectivity index (χ0n) is 15.8. The van der Waals surface area contributed by atoms with Crippen LogP contribution in [-0.4, -0.2) is 21.9 Å². The number of thioether (sulfide) groups is 1. The van der Waals surface area contributed by atoms with Crippen molar-refractivity contribution in [1.82, 2.24) is 10.2 Å². The van der Waals surface area contributed by atoms with E-state index in [2.05, 4.69) is 46.8 Å². The van der Waals surface area contributed by atoms with Crippen molar-refractivity contribution in [1.29, 1.82) is 0 Å². The Bertz CT molecular complexity index is 948. The maximum absolute atomic E-state index is 12.3. The summed E-state index contributed by atoms with van der Waals surface area (Å²) in [5, 5.41) is 15.3. The van der Waals surface area contributed by atoms with Gasteiger partial charge in [0.1, 0.15) is 0 Å². The lowest BCUT2D eigenvalue weighted by Crippen LogP contribution is -2.15. The summed E-state index contributed by atoms with van der Waals surface area (Å²) in [5.74, 6) is 0.253. The van der Waals surface area contributed by atoms with Crippen molar-refractivity contribution in [2.75, 3.05) is 16.4 Å². The third-order valence-corrected chi connectivity index (χ3v) is 6.07. The number of hydrogen-bond acceptors (Lipinski definition) is 6. The van der Waals surface area contributed by atoms with E-state index in [1.54, 1.807) is 0 Å². The van der Waals surface area contributed by atoms with Crippen LogP contribution in [0.15, 0.2) is 40.7 Å². The molecule has 27 heavy (non-hydrogen) atoms. The number of nitrogens with one attached hydrogen (secondary N) is 2. The van der Waals surface area contributed by atoms with Crippen LogP contribution < -0.4 is 10.6 Å². The first-order valence-corrected chi connectivity index (χ1v) is 10.4. The van der Waals surface area contributed by atoms with Crippen LogP contribution in [0.2, 0.25) is 0 Å². The highest BCUT2D eigenvalue weighted by molar-refractivity contribution is 8.01. The molecule has 3 rings (SSSR count). The summed E-state index contributed by atoms with van der Waals surface area (Å²) in [4.78, 5) is 12.3. The van der Waals surface area contributed by atoms with E-state index >= 15 is 0 Å². The van der Waals surface area contributed by atoms with Crippen LogP contribution in [0.1, 0.15) is 22.3 Å². The smallest absolute Gasteiger partial charge is 0.234 e. The van der Waals surface area contributed by atoms with Crippen molar-refractivity contribution in [2.24, 2.45) is 0 Å². The maximum atomic E-state index is 12.3. The molecule has 3 aromatic rings. The minimum absolute atomic E-state index is 0.0449. The molecular weight excluding hydrogens is 376 g/mol. The predicted octanol–water partition coefficient (Wildman–Crippen LogP) is 5.25. The van der Waals surface area contributed by atoms with Gasteiger partial charge in [-0.2, -0.15) is 0 Å². The molecule has 0 bridgehead atoms. The quantitative estimate of drug-likeness (QED) is 0.555. The van der Waals surface area contributed by atoms with Crippen LogP contribution in [-0.2, 0) is 4.79 Å². The monoisotopic (exact) mass is 398 g/mol. The van der Waals surface area contributed by atoms with Crippen molar-refractivity contribution in [3.63, 3.8) is 0 Å². The highest BCUT2D eigenvalue weighted by Crippen LogP contribution is 2.29. The molecule has 0 radical (unpaired) electrons. The average molecular weight is 399 g/mol. The summed E-state index contributed by atoms with van der Waals surface area (Å²) >= 11 is 2.84. The zero-order valence-corrected chi connectivity index (χ0v) is 17.4. The van der Waals surface area contributed by atoms with E-state index in [1.807, 2.05) is 38.1 Å². The van der Waals surface area contributed by atoms with E-state index in [9.17, 15) is 4.79 Å². The first-order chi connectivity index (χ1) is 12.9. The summed E-state index contributed by atoms with van der Waals surface area (Å²) in [6.45, 7) is 8.11. The second kappa shape index (κ2) is 8.54. The Labute approximate surface area is 167 Å². The second-order valence-corrected chi connectivity index (χ2v) is 8.62. The van der Waals surface area contributed by atoms with E-state index < -0.39 is 0 Å². The fourth-order valence-corrected chi connectivity index (χ4v) is 4.27. The van der Waals surface area contributed by atoms with Gasteiger partial charge >= 0.3 is 0 Å². The molecule has 0 saturated heterocycles. The first-order valence-electron chi connectivity index (χ1n) is 8.59. The molecule has 140 valence electrons. The molecule has 1 amide bonds.